The number of carbonyl (C=O) groups excluding carboxylic acids is 2. The van der Waals surface area contributed by atoms with E-state index >= 15 is 0 Å². The molecule has 0 radical (unpaired) electrons. The van der Waals surface area contributed by atoms with Crippen LogP contribution in [0.3, 0.4) is 0 Å². The van der Waals surface area contributed by atoms with Crippen LogP contribution in [-0.2, 0) is 9.59 Å². The first kappa shape index (κ1) is 15.1. The predicted molar refractivity (Wildman–Crippen MR) is 91.6 cm³/mol. The summed E-state index contributed by atoms with van der Waals surface area (Å²) in [5.41, 5.74) is 0.886. The molecule has 1 heterocycles. The van der Waals surface area contributed by atoms with Crippen LogP contribution in [0.4, 0.5) is 5.69 Å². The van der Waals surface area contributed by atoms with Crippen molar-refractivity contribution in [3.05, 3.63) is 24.3 Å². The average molecular weight is 330 g/mol. The van der Waals surface area contributed by atoms with Gasteiger partial charge in [0, 0.05) is 17.0 Å². The predicted octanol–water partition coefficient (Wildman–Crippen LogP) is 2.91. The van der Waals surface area contributed by atoms with Crippen LogP contribution in [-0.4, -0.2) is 41.1 Å². The Hall–Kier alpha value is -1.49. The molecular formula is C18H22N2O2S. The van der Waals surface area contributed by atoms with Crippen molar-refractivity contribution in [2.75, 3.05) is 17.2 Å². The van der Waals surface area contributed by atoms with Crippen LogP contribution >= 0.6 is 11.8 Å². The quantitative estimate of drug-likeness (QED) is 0.833. The molecule has 23 heavy (non-hydrogen) atoms. The number of anilines is 1. The molecule has 2 saturated carbocycles. The minimum absolute atomic E-state index is 0.0388. The molecule has 122 valence electrons. The van der Waals surface area contributed by atoms with Gasteiger partial charge in [0.05, 0.1) is 11.4 Å². The second-order valence-electron chi connectivity index (χ2n) is 6.85. The average Bonchev–Trinajstić information content (AvgIpc) is 3.43. The first-order chi connectivity index (χ1) is 11.1. The van der Waals surface area contributed by atoms with E-state index in [0.29, 0.717) is 23.8 Å². The standard InChI is InChI=1S/C18H22N2O2S/c1-12(13-6-7-13)20(14-8-9-14)17(21)10-19-15-4-2-3-5-16(15)23-11-18(19)22/h2-5,12-14H,6-11H2,1H3. The lowest BCUT2D eigenvalue weighted by Gasteiger charge is -2.34. The number of fused-ring (bicyclic) bond motifs is 1. The molecule has 0 N–H and O–H groups in total. The van der Waals surface area contributed by atoms with Crippen molar-refractivity contribution in [3.63, 3.8) is 0 Å². The van der Waals surface area contributed by atoms with Crippen molar-refractivity contribution in [3.8, 4) is 0 Å². The Morgan fingerprint density at radius 1 is 1.30 bits per heavy atom. The number of nitrogens with zero attached hydrogens (tertiary/aromatic N) is 2. The summed E-state index contributed by atoms with van der Waals surface area (Å²) in [7, 11) is 0. The highest BCUT2D eigenvalue weighted by Crippen LogP contribution is 2.40. The van der Waals surface area contributed by atoms with Crippen LogP contribution in [0.2, 0.25) is 0 Å². The molecule has 2 fully saturated rings. The first-order valence-electron chi connectivity index (χ1n) is 8.48. The summed E-state index contributed by atoms with van der Waals surface area (Å²) in [5, 5.41) is 0. The van der Waals surface area contributed by atoms with E-state index < -0.39 is 0 Å². The van der Waals surface area contributed by atoms with Crippen molar-refractivity contribution in [1.82, 2.24) is 4.90 Å². The largest absolute Gasteiger partial charge is 0.335 e. The number of para-hydroxylation sites is 1. The van der Waals surface area contributed by atoms with Gasteiger partial charge < -0.3 is 9.80 Å². The van der Waals surface area contributed by atoms with Crippen LogP contribution < -0.4 is 4.90 Å². The fourth-order valence-corrected chi connectivity index (χ4v) is 4.40. The van der Waals surface area contributed by atoms with E-state index in [0.717, 1.165) is 23.4 Å². The van der Waals surface area contributed by atoms with E-state index in [1.165, 1.54) is 12.8 Å². The lowest BCUT2D eigenvalue weighted by molar-refractivity contribution is -0.134. The minimum Gasteiger partial charge on any atom is -0.335 e. The molecule has 0 bridgehead atoms. The van der Waals surface area contributed by atoms with Gasteiger partial charge in [-0.3, -0.25) is 9.59 Å². The molecule has 0 aromatic heterocycles. The number of carbonyl (C=O) groups is 2. The molecule has 2 aliphatic carbocycles. The van der Waals surface area contributed by atoms with Crippen LogP contribution in [0.5, 0.6) is 0 Å². The monoisotopic (exact) mass is 330 g/mol. The third kappa shape index (κ3) is 2.99. The Bertz CT molecular complexity index is 640. The molecule has 1 aromatic rings. The fourth-order valence-electron chi connectivity index (χ4n) is 3.47. The normalized spacial score (nSPS) is 21.8. The lowest BCUT2D eigenvalue weighted by Crippen LogP contribution is -2.49. The number of rotatable bonds is 5. The molecule has 0 saturated heterocycles. The highest BCUT2D eigenvalue weighted by molar-refractivity contribution is 8.00. The zero-order chi connectivity index (χ0) is 16.0. The zero-order valence-electron chi connectivity index (χ0n) is 13.4. The van der Waals surface area contributed by atoms with Crippen molar-refractivity contribution < 1.29 is 9.59 Å². The van der Waals surface area contributed by atoms with E-state index in [2.05, 4.69) is 11.8 Å². The maximum Gasteiger partial charge on any atom is 0.243 e. The van der Waals surface area contributed by atoms with Gasteiger partial charge >= 0.3 is 0 Å². The summed E-state index contributed by atoms with van der Waals surface area (Å²) >= 11 is 1.56. The van der Waals surface area contributed by atoms with Gasteiger partial charge in [0.1, 0.15) is 6.54 Å². The van der Waals surface area contributed by atoms with Crippen LogP contribution in [0.1, 0.15) is 32.6 Å². The van der Waals surface area contributed by atoms with Crippen molar-refractivity contribution in [2.24, 2.45) is 5.92 Å². The molecule has 4 nitrogen and oxygen atoms in total. The van der Waals surface area contributed by atoms with Crippen LogP contribution in [0.25, 0.3) is 0 Å². The highest BCUT2D eigenvalue weighted by Gasteiger charge is 2.42. The summed E-state index contributed by atoms with van der Waals surface area (Å²) in [6.45, 7) is 2.36. The molecule has 3 aliphatic rings. The van der Waals surface area contributed by atoms with E-state index in [4.69, 9.17) is 0 Å². The Morgan fingerprint density at radius 3 is 2.74 bits per heavy atom. The molecule has 1 unspecified atom stereocenters. The molecule has 4 rings (SSSR count). The molecule has 1 aromatic carbocycles. The first-order valence-corrected chi connectivity index (χ1v) is 9.47. The molecular weight excluding hydrogens is 308 g/mol. The van der Waals surface area contributed by atoms with Gasteiger partial charge in [-0.1, -0.05) is 12.1 Å². The summed E-state index contributed by atoms with van der Waals surface area (Å²) in [5.74, 6) is 1.24. The number of thioether (sulfide) groups is 1. The molecule has 5 heteroatoms. The third-order valence-corrected chi connectivity index (χ3v) is 6.12. The van der Waals surface area contributed by atoms with Gasteiger partial charge in [-0.05, 0) is 50.7 Å². The molecule has 0 spiro atoms. The second kappa shape index (κ2) is 5.86. The van der Waals surface area contributed by atoms with Gasteiger partial charge in [-0.15, -0.1) is 11.8 Å². The van der Waals surface area contributed by atoms with E-state index in [1.807, 2.05) is 24.3 Å². The lowest BCUT2D eigenvalue weighted by atomic mass is 10.1. The topological polar surface area (TPSA) is 40.6 Å². The Labute approximate surface area is 141 Å². The number of amides is 2. The van der Waals surface area contributed by atoms with Gasteiger partial charge in [-0.25, -0.2) is 0 Å². The molecule has 1 aliphatic heterocycles. The van der Waals surface area contributed by atoms with Crippen molar-refractivity contribution in [2.45, 2.75) is 49.6 Å². The number of hydrogen-bond donors (Lipinski definition) is 0. The highest BCUT2D eigenvalue weighted by atomic mass is 32.2. The third-order valence-electron chi connectivity index (χ3n) is 5.07. The van der Waals surface area contributed by atoms with E-state index in [9.17, 15) is 9.59 Å². The minimum atomic E-state index is 0.0388. The van der Waals surface area contributed by atoms with Gasteiger partial charge in [0.25, 0.3) is 0 Å². The maximum atomic E-state index is 12.9. The fraction of sp³-hybridized carbons (Fsp3) is 0.556. The maximum absolute atomic E-state index is 12.9. The van der Waals surface area contributed by atoms with Crippen molar-refractivity contribution >= 4 is 29.3 Å². The van der Waals surface area contributed by atoms with Gasteiger partial charge in [0.2, 0.25) is 11.8 Å². The van der Waals surface area contributed by atoms with Crippen LogP contribution in [0, 0.1) is 5.92 Å². The molecule has 1 atom stereocenters. The van der Waals surface area contributed by atoms with Gasteiger partial charge in [-0.2, -0.15) is 0 Å². The summed E-state index contributed by atoms with van der Waals surface area (Å²) < 4.78 is 0. The van der Waals surface area contributed by atoms with Crippen molar-refractivity contribution in [1.29, 1.82) is 0 Å². The number of hydrogen-bond acceptors (Lipinski definition) is 3. The van der Waals surface area contributed by atoms with E-state index in [1.54, 1.807) is 16.7 Å². The number of benzene rings is 1. The molecule has 2 amide bonds. The summed E-state index contributed by atoms with van der Waals surface area (Å²) in [6, 6.07) is 8.60. The Morgan fingerprint density at radius 2 is 2.04 bits per heavy atom. The van der Waals surface area contributed by atoms with Gasteiger partial charge in [0.15, 0.2) is 0 Å². The summed E-state index contributed by atoms with van der Waals surface area (Å²) in [4.78, 5) is 30.2. The second-order valence-corrected chi connectivity index (χ2v) is 7.86. The Balaban J connectivity index is 1.54. The SMILES string of the molecule is CC(C1CC1)N(C(=O)CN1C(=O)CSc2ccccc21)C1CC1. The van der Waals surface area contributed by atoms with Crippen LogP contribution in [0.15, 0.2) is 29.2 Å². The zero-order valence-corrected chi connectivity index (χ0v) is 14.2. The summed E-state index contributed by atoms with van der Waals surface area (Å²) in [6.07, 6.45) is 4.70. The Kier molecular flexibility index (Phi) is 3.84. The smallest absolute Gasteiger partial charge is 0.243 e. The van der Waals surface area contributed by atoms with E-state index in [-0.39, 0.29) is 18.4 Å².